The minimum atomic E-state index is -1.26. The maximum atomic E-state index is 13.0. The lowest BCUT2D eigenvalue weighted by Crippen LogP contribution is -2.55. The van der Waals surface area contributed by atoms with Crippen LogP contribution in [0.2, 0.25) is 0 Å². The first-order valence-corrected chi connectivity index (χ1v) is 12.0. The molecule has 182 valence electrons. The van der Waals surface area contributed by atoms with Crippen molar-refractivity contribution in [1.82, 2.24) is 20.2 Å². The summed E-state index contributed by atoms with van der Waals surface area (Å²) >= 11 is 1.32. The van der Waals surface area contributed by atoms with Gasteiger partial charge in [-0.05, 0) is 43.7 Å². The molecule has 1 fully saturated rings. The second kappa shape index (κ2) is 10.0. The number of nitrogens with zero attached hydrogens (tertiary/aromatic N) is 5. The Labute approximate surface area is 211 Å². The standard InChI is InChI=1S/C25H23N7O3S/c1-15-10-19(11-16(2)28-15)21-20(18-5-3-4-17(12-18)13-26)29-22(36-21)30-23(33)32-8-6-25(14-27,7-9-32)31-24(34)35/h3-5,10-12,31H,6-9H2,1-2H3,(H,34,35)(H,29,30,33). The van der Waals surface area contributed by atoms with Crippen molar-refractivity contribution in [3.05, 3.63) is 53.3 Å². The van der Waals surface area contributed by atoms with Crippen LogP contribution in [0.5, 0.6) is 0 Å². The SMILES string of the molecule is Cc1cc(-c2sc(NC(=O)N3CCC(C#N)(NC(=O)O)CC3)nc2-c2cccc(C#N)c2)cc(C)n1. The molecule has 0 atom stereocenters. The van der Waals surface area contributed by atoms with Crippen molar-refractivity contribution >= 4 is 28.6 Å². The zero-order valence-electron chi connectivity index (χ0n) is 19.7. The highest BCUT2D eigenvalue weighted by Crippen LogP contribution is 2.40. The number of likely N-dealkylation sites (tertiary alicyclic amines) is 1. The minimum absolute atomic E-state index is 0.189. The number of rotatable bonds is 4. The number of carboxylic acid groups (broad SMARTS) is 1. The van der Waals surface area contributed by atoms with Crippen molar-refractivity contribution < 1.29 is 14.7 Å². The average Bonchev–Trinajstić information content (AvgIpc) is 3.27. The molecule has 0 radical (unpaired) electrons. The Morgan fingerprint density at radius 1 is 1.08 bits per heavy atom. The van der Waals surface area contributed by atoms with Gasteiger partial charge in [-0.25, -0.2) is 14.6 Å². The van der Waals surface area contributed by atoms with Crippen molar-refractivity contribution in [1.29, 1.82) is 10.5 Å². The molecule has 0 aliphatic carbocycles. The van der Waals surface area contributed by atoms with Crippen LogP contribution in [0.4, 0.5) is 14.7 Å². The highest BCUT2D eigenvalue weighted by atomic mass is 32.1. The van der Waals surface area contributed by atoms with Gasteiger partial charge in [0.2, 0.25) is 0 Å². The molecule has 0 unspecified atom stereocenters. The number of pyridine rings is 1. The first-order chi connectivity index (χ1) is 17.2. The maximum absolute atomic E-state index is 13.0. The number of carbonyl (C=O) groups excluding carboxylic acids is 1. The predicted octanol–water partition coefficient (Wildman–Crippen LogP) is 4.52. The third-order valence-electron chi connectivity index (χ3n) is 5.91. The van der Waals surface area contributed by atoms with Crippen molar-refractivity contribution in [3.8, 4) is 33.8 Å². The second-order valence-electron chi connectivity index (χ2n) is 8.57. The van der Waals surface area contributed by atoms with E-state index in [4.69, 9.17) is 10.1 Å². The van der Waals surface area contributed by atoms with Crippen LogP contribution in [0.15, 0.2) is 36.4 Å². The number of nitrogens with one attached hydrogen (secondary N) is 2. The third-order valence-corrected chi connectivity index (χ3v) is 6.93. The van der Waals surface area contributed by atoms with Gasteiger partial charge in [0, 0.05) is 42.9 Å². The normalized spacial score (nSPS) is 14.4. The van der Waals surface area contributed by atoms with Crippen molar-refractivity contribution in [2.45, 2.75) is 32.2 Å². The van der Waals surface area contributed by atoms with Gasteiger partial charge in [-0.15, -0.1) is 0 Å². The smallest absolute Gasteiger partial charge is 0.405 e. The predicted molar refractivity (Wildman–Crippen MR) is 134 cm³/mol. The average molecular weight is 502 g/mol. The van der Waals surface area contributed by atoms with Crippen LogP contribution in [0.25, 0.3) is 21.7 Å². The lowest BCUT2D eigenvalue weighted by Gasteiger charge is -2.36. The van der Waals surface area contributed by atoms with E-state index < -0.39 is 11.6 Å². The topological polar surface area (TPSA) is 155 Å². The molecular formula is C25H23N7O3S. The Kier molecular flexibility index (Phi) is 6.86. The van der Waals surface area contributed by atoms with Gasteiger partial charge >= 0.3 is 12.1 Å². The van der Waals surface area contributed by atoms with Gasteiger partial charge in [0.25, 0.3) is 0 Å². The van der Waals surface area contributed by atoms with Gasteiger partial charge in [-0.3, -0.25) is 10.3 Å². The largest absolute Gasteiger partial charge is 0.465 e. The highest BCUT2D eigenvalue weighted by molar-refractivity contribution is 7.19. The number of hydrogen-bond donors (Lipinski definition) is 3. The van der Waals surface area contributed by atoms with Gasteiger partial charge in [0.05, 0.1) is 28.3 Å². The van der Waals surface area contributed by atoms with Crippen LogP contribution in [0, 0.1) is 36.5 Å². The van der Waals surface area contributed by atoms with Gasteiger partial charge < -0.3 is 15.3 Å². The monoisotopic (exact) mass is 501 g/mol. The number of thiazole rings is 1. The zero-order valence-corrected chi connectivity index (χ0v) is 20.5. The van der Waals surface area contributed by atoms with Gasteiger partial charge in [-0.1, -0.05) is 23.5 Å². The first kappa shape index (κ1) is 24.6. The van der Waals surface area contributed by atoms with E-state index in [1.807, 2.05) is 38.1 Å². The maximum Gasteiger partial charge on any atom is 0.405 e. The molecule has 1 aliphatic heterocycles. The number of aromatic nitrogens is 2. The Morgan fingerprint density at radius 3 is 2.39 bits per heavy atom. The van der Waals surface area contributed by atoms with Gasteiger partial charge in [0.1, 0.15) is 5.54 Å². The molecule has 1 saturated heterocycles. The van der Waals surface area contributed by atoms with E-state index in [-0.39, 0.29) is 32.0 Å². The number of amides is 3. The summed E-state index contributed by atoms with van der Waals surface area (Å²) in [5.74, 6) is 0. The van der Waals surface area contributed by atoms with Crippen molar-refractivity contribution in [2.24, 2.45) is 0 Å². The Bertz CT molecular complexity index is 1390. The fraction of sp³-hybridized carbons (Fsp3) is 0.280. The fourth-order valence-electron chi connectivity index (χ4n) is 4.20. The highest BCUT2D eigenvalue weighted by Gasteiger charge is 2.37. The summed E-state index contributed by atoms with van der Waals surface area (Å²) in [5, 5.41) is 33.3. The molecule has 10 nitrogen and oxygen atoms in total. The van der Waals surface area contributed by atoms with Gasteiger partial charge in [0.15, 0.2) is 5.13 Å². The summed E-state index contributed by atoms with van der Waals surface area (Å²) in [4.78, 5) is 35.6. The third kappa shape index (κ3) is 5.27. The molecule has 36 heavy (non-hydrogen) atoms. The molecule has 0 spiro atoms. The Balaban J connectivity index is 1.61. The summed E-state index contributed by atoms with van der Waals surface area (Å²) < 4.78 is 0. The molecule has 3 aromatic rings. The fourth-order valence-corrected chi connectivity index (χ4v) is 5.16. The number of hydrogen-bond acceptors (Lipinski definition) is 7. The van der Waals surface area contributed by atoms with E-state index in [1.165, 1.54) is 16.2 Å². The van der Waals surface area contributed by atoms with E-state index in [1.54, 1.807) is 18.2 Å². The number of carbonyl (C=O) groups is 2. The number of nitriles is 2. The molecule has 4 rings (SSSR count). The van der Waals surface area contributed by atoms with E-state index in [0.717, 1.165) is 27.4 Å². The molecule has 3 amide bonds. The van der Waals surface area contributed by atoms with Crippen molar-refractivity contribution in [2.75, 3.05) is 18.4 Å². The molecule has 2 aromatic heterocycles. The summed E-state index contributed by atoms with van der Waals surface area (Å²) in [7, 11) is 0. The molecule has 1 aromatic carbocycles. The Morgan fingerprint density at radius 2 is 1.78 bits per heavy atom. The van der Waals surface area contributed by atoms with Crippen molar-refractivity contribution in [3.63, 3.8) is 0 Å². The quantitative estimate of drug-likeness (QED) is 0.475. The lowest BCUT2D eigenvalue weighted by atomic mass is 9.89. The van der Waals surface area contributed by atoms with Crippen LogP contribution >= 0.6 is 11.3 Å². The Hall–Kier alpha value is -4.48. The summed E-state index contributed by atoms with van der Waals surface area (Å²) in [6, 6.07) is 14.8. The molecule has 0 bridgehead atoms. The summed E-state index contributed by atoms with van der Waals surface area (Å²) in [6.45, 7) is 4.26. The number of piperidine rings is 1. The summed E-state index contributed by atoms with van der Waals surface area (Å²) in [6.07, 6.45) is -0.887. The van der Waals surface area contributed by atoms with Crippen LogP contribution in [-0.4, -0.2) is 50.7 Å². The number of benzene rings is 1. The zero-order chi connectivity index (χ0) is 25.9. The van der Waals surface area contributed by atoms with E-state index >= 15 is 0 Å². The van der Waals surface area contributed by atoms with E-state index in [0.29, 0.717) is 16.4 Å². The first-order valence-electron chi connectivity index (χ1n) is 11.2. The molecule has 3 N–H and O–H groups in total. The molecule has 11 heteroatoms. The number of urea groups is 1. The minimum Gasteiger partial charge on any atom is -0.465 e. The van der Waals surface area contributed by atoms with Crippen LogP contribution in [0.1, 0.15) is 29.8 Å². The van der Waals surface area contributed by atoms with Crippen LogP contribution in [-0.2, 0) is 0 Å². The van der Waals surface area contributed by atoms with E-state index in [9.17, 15) is 20.1 Å². The number of aryl methyl sites for hydroxylation is 2. The van der Waals surface area contributed by atoms with Gasteiger partial charge in [-0.2, -0.15) is 10.5 Å². The molecular weight excluding hydrogens is 478 g/mol. The van der Waals surface area contributed by atoms with Crippen LogP contribution in [0.3, 0.4) is 0 Å². The lowest BCUT2D eigenvalue weighted by molar-refractivity contribution is 0.155. The molecule has 0 saturated carbocycles. The number of anilines is 1. The summed E-state index contributed by atoms with van der Waals surface area (Å²) in [5.41, 5.74) is 3.31. The molecule has 3 heterocycles. The van der Waals surface area contributed by atoms with Crippen LogP contribution < -0.4 is 10.6 Å². The second-order valence-corrected chi connectivity index (χ2v) is 9.57. The van der Waals surface area contributed by atoms with E-state index in [2.05, 4.69) is 21.7 Å². The molecule has 1 aliphatic rings.